The molecule has 0 aromatic carbocycles. The average molecular weight is 176 g/mol. The number of carboxylic acid groups (broad SMARTS) is 1. The molecule has 0 saturated heterocycles. The topological polar surface area (TPSA) is 63.6 Å². The molecule has 0 heterocycles. The predicted molar refractivity (Wildman–Crippen MR) is 36.2 cm³/mol. The molecule has 12 heavy (non-hydrogen) atoms. The molecule has 0 aliphatic heterocycles. The fourth-order valence-corrected chi connectivity index (χ4v) is 0.998. The summed E-state index contributed by atoms with van der Waals surface area (Å²) in [5, 5.41) is 8.36. The van der Waals surface area contributed by atoms with Crippen molar-refractivity contribution in [2.75, 3.05) is 6.61 Å². The quantitative estimate of drug-likeness (QED) is 0.630. The zero-order chi connectivity index (χ0) is 9.35. The molecule has 1 fully saturated rings. The lowest BCUT2D eigenvalue weighted by Gasteiger charge is -2.04. The largest absolute Gasteiger partial charge is 0.481 e. The summed E-state index contributed by atoms with van der Waals surface area (Å²) in [6, 6.07) is 0. The molecule has 68 valence electrons. The van der Waals surface area contributed by atoms with Gasteiger partial charge in [0, 0.05) is 6.42 Å². The first kappa shape index (κ1) is 8.96. The second-order valence-corrected chi connectivity index (χ2v) is 2.68. The van der Waals surface area contributed by atoms with Gasteiger partial charge in [-0.2, -0.15) is 0 Å². The van der Waals surface area contributed by atoms with Gasteiger partial charge in [0.15, 0.2) is 0 Å². The fourth-order valence-electron chi connectivity index (χ4n) is 0.998. The normalized spacial score (nSPS) is 32.7. The fraction of sp³-hybridized carbons (Fsp3) is 0.714. The van der Waals surface area contributed by atoms with Gasteiger partial charge < -0.3 is 9.84 Å². The van der Waals surface area contributed by atoms with E-state index in [1.807, 2.05) is 0 Å². The van der Waals surface area contributed by atoms with Gasteiger partial charge in [-0.05, 0) is 6.92 Å². The molecule has 1 aliphatic rings. The summed E-state index contributed by atoms with van der Waals surface area (Å²) in [5.41, 5.74) is -2.26. The molecule has 1 saturated carbocycles. The maximum atomic E-state index is 13.1. The summed E-state index contributed by atoms with van der Waals surface area (Å²) in [6.07, 6.45) is -0.263. The molecule has 2 atom stereocenters. The van der Waals surface area contributed by atoms with Gasteiger partial charge in [0.1, 0.15) is 5.92 Å². The van der Waals surface area contributed by atoms with Gasteiger partial charge in [0.25, 0.3) is 0 Å². The van der Waals surface area contributed by atoms with Crippen LogP contribution in [-0.4, -0.2) is 29.3 Å². The first-order chi connectivity index (χ1) is 5.52. The van der Waals surface area contributed by atoms with E-state index in [-0.39, 0.29) is 13.0 Å². The van der Waals surface area contributed by atoms with E-state index in [0.717, 1.165) is 0 Å². The summed E-state index contributed by atoms with van der Waals surface area (Å²) in [6.45, 7) is 1.61. The van der Waals surface area contributed by atoms with Crippen molar-refractivity contribution in [3.05, 3.63) is 0 Å². The first-order valence-corrected chi connectivity index (χ1v) is 3.61. The molecule has 1 N–H and O–H groups in total. The number of esters is 1. The Morgan fingerprint density at radius 1 is 1.75 bits per heavy atom. The minimum atomic E-state index is -2.26. The Labute approximate surface area is 68.3 Å². The van der Waals surface area contributed by atoms with E-state index in [9.17, 15) is 14.0 Å². The Morgan fingerprint density at radius 2 is 2.33 bits per heavy atom. The SMILES string of the molecule is CCOC(=O)[C@@]1(F)C[C@H]1C(=O)O. The molecule has 0 spiro atoms. The second-order valence-electron chi connectivity index (χ2n) is 2.68. The van der Waals surface area contributed by atoms with Crippen LogP contribution in [-0.2, 0) is 14.3 Å². The zero-order valence-electron chi connectivity index (χ0n) is 6.54. The lowest BCUT2D eigenvalue weighted by molar-refractivity contribution is -0.154. The highest BCUT2D eigenvalue weighted by Crippen LogP contribution is 2.48. The molecule has 0 bridgehead atoms. The van der Waals surface area contributed by atoms with Crippen LogP contribution >= 0.6 is 0 Å². The van der Waals surface area contributed by atoms with E-state index >= 15 is 0 Å². The average Bonchev–Trinajstić information content (AvgIpc) is 2.65. The van der Waals surface area contributed by atoms with Gasteiger partial charge in [-0.1, -0.05) is 0 Å². The van der Waals surface area contributed by atoms with Crippen molar-refractivity contribution in [3.63, 3.8) is 0 Å². The number of aliphatic carboxylic acids is 1. The van der Waals surface area contributed by atoms with Crippen molar-refractivity contribution in [1.29, 1.82) is 0 Å². The Balaban J connectivity index is 2.54. The number of carbonyl (C=O) groups excluding carboxylic acids is 1. The molecule has 1 aliphatic carbocycles. The van der Waals surface area contributed by atoms with E-state index in [4.69, 9.17) is 5.11 Å². The number of carboxylic acids is 1. The second kappa shape index (κ2) is 2.73. The molecule has 4 nitrogen and oxygen atoms in total. The van der Waals surface area contributed by atoms with Gasteiger partial charge in [0.05, 0.1) is 6.61 Å². The van der Waals surface area contributed by atoms with Crippen LogP contribution in [0, 0.1) is 5.92 Å². The lowest BCUT2D eigenvalue weighted by atomic mass is 10.3. The summed E-state index contributed by atoms with van der Waals surface area (Å²) in [5.74, 6) is -3.56. The summed E-state index contributed by atoms with van der Waals surface area (Å²) < 4.78 is 17.5. The summed E-state index contributed by atoms with van der Waals surface area (Å²) in [4.78, 5) is 21.0. The molecule has 0 unspecified atom stereocenters. The third-order valence-electron chi connectivity index (χ3n) is 1.81. The van der Waals surface area contributed by atoms with Gasteiger partial charge in [-0.15, -0.1) is 0 Å². The van der Waals surface area contributed by atoms with Gasteiger partial charge in [0.2, 0.25) is 5.67 Å². The molecule has 0 aromatic heterocycles. The van der Waals surface area contributed by atoms with E-state index < -0.39 is 23.5 Å². The lowest BCUT2D eigenvalue weighted by Crippen LogP contribution is -2.25. The molecule has 0 radical (unpaired) electrons. The van der Waals surface area contributed by atoms with Crippen molar-refractivity contribution < 1.29 is 23.8 Å². The zero-order valence-corrected chi connectivity index (χ0v) is 6.54. The number of ether oxygens (including phenoxy) is 1. The number of carbonyl (C=O) groups is 2. The number of hydrogen-bond acceptors (Lipinski definition) is 3. The van der Waals surface area contributed by atoms with Crippen LogP contribution in [0.2, 0.25) is 0 Å². The third-order valence-corrected chi connectivity index (χ3v) is 1.81. The Bertz CT molecular complexity index is 227. The number of alkyl halides is 1. The maximum Gasteiger partial charge on any atom is 0.344 e. The monoisotopic (exact) mass is 176 g/mol. The van der Waals surface area contributed by atoms with Crippen molar-refractivity contribution in [2.24, 2.45) is 5.92 Å². The van der Waals surface area contributed by atoms with Crippen LogP contribution in [0.15, 0.2) is 0 Å². The minimum Gasteiger partial charge on any atom is -0.481 e. The Morgan fingerprint density at radius 3 is 2.67 bits per heavy atom. The Hall–Kier alpha value is -1.13. The van der Waals surface area contributed by atoms with Gasteiger partial charge in [-0.25, -0.2) is 9.18 Å². The first-order valence-electron chi connectivity index (χ1n) is 3.61. The highest BCUT2D eigenvalue weighted by atomic mass is 19.1. The van der Waals surface area contributed by atoms with Gasteiger partial charge in [-0.3, -0.25) is 4.79 Å². The minimum absolute atomic E-state index is 0.0663. The molecule has 0 aromatic rings. The molecular formula is C7H9FO4. The predicted octanol–water partition coefficient (Wildman–Crippen LogP) is 0.362. The van der Waals surface area contributed by atoms with E-state index in [2.05, 4.69) is 4.74 Å². The van der Waals surface area contributed by atoms with Crippen LogP contribution in [0.4, 0.5) is 4.39 Å². The molecule has 0 amide bonds. The number of rotatable bonds is 3. The highest BCUT2D eigenvalue weighted by molar-refractivity contribution is 5.92. The van der Waals surface area contributed by atoms with Crippen LogP contribution in [0.5, 0.6) is 0 Å². The maximum absolute atomic E-state index is 13.1. The standard InChI is InChI=1S/C7H9FO4/c1-2-12-6(11)7(8)3-4(7)5(9)10/h4H,2-3H2,1H3,(H,9,10)/t4-,7+/m0/s1. The van der Waals surface area contributed by atoms with Crippen molar-refractivity contribution >= 4 is 11.9 Å². The van der Waals surface area contributed by atoms with Crippen LogP contribution in [0.3, 0.4) is 0 Å². The van der Waals surface area contributed by atoms with Gasteiger partial charge >= 0.3 is 11.9 Å². The van der Waals surface area contributed by atoms with Crippen LogP contribution in [0.25, 0.3) is 0 Å². The third kappa shape index (κ3) is 1.26. The highest BCUT2D eigenvalue weighted by Gasteiger charge is 2.67. The molecular weight excluding hydrogens is 167 g/mol. The summed E-state index contributed by atoms with van der Waals surface area (Å²) in [7, 11) is 0. The van der Waals surface area contributed by atoms with E-state index in [1.54, 1.807) is 6.92 Å². The smallest absolute Gasteiger partial charge is 0.344 e. The van der Waals surface area contributed by atoms with E-state index in [1.165, 1.54) is 0 Å². The van der Waals surface area contributed by atoms with Crippen molar-refractivity contribution in [3.8, 4) is 0 Å². The van der Waals surface area contributed by atoms with Crippen molar-refractivity contribution in [2.45, 2.75) is 19.0 Å². The Kier molecular flexibility index (Phi) is 2.04. The number of halogens is 1. The van der Waals surface area contributed by atoms with Crippen LogP contribution < -0.4 is 0 Å². The van der Waals surface area contributed by atoms with E-state index in [0.29, 0.717) is 0 Å². The van der Waals surface area contributed by atoms with Crippen molar-refractivity contribution in [1.82, 2.24) is 0 Å². The number of hydrogen-bond donors (Lipinski definition) is 1. The molecule has 1 rings (SSSR count). The summed E-state index contributed by atoms with van der Waals surface area (Å²) >= 11 is 0. The molecule has 5 heteroatoms. The van der Waals surface area contributed by atoms with Crippen LogP contribution in [0.1, 0.15) is 13.3 Å².